The molecule has 104 valence electrons. The van der Waals surface area contributed by atoms with E-state index in [4.69, 9.17) is 14.6 Å². The van der Waals surface area contributed by atoms with Gasteiger partial charge in [-0.1, -0.05) is 19.4 Å². The number of carboxylic acid groups (broad SMARTS) is 1. The number of carbonyl (C=O) groups is 1. The molecule has 2 unspecified atom stereocenters. The van der Waals surface area contributed by atoms with Crippen LogP contribution < -0.4 is 14.8 Å². The molecule has 0 bridgehead atoms. The van der Waals surface area contributed by atoms with E-state index in [1.54, 1.807) is 0 Å². The Bertz CT molecular complexity index is 461. The van der Waals surface area contributed by atoms with E-state index in [1.807, 2.05) is 32.0 Å². The number of rotatable bonds is 6. The average Bonchev–Trinajstić information content (AvgIpc) is 2.85. The SMILES string of the molecule is CCCC(NC(C)c1ccc2c(c1)OCO2)C(=O)O. The van der Waals surface area contributed by atoms with E-state index in [0.717, 1.165) is 17.7 Å². The molecule has 2 rings (SSSR count). The quantitative estimate of drug-likeness (QED) is 0.826. The molecule has 0 fully saturated rings. The maximum absolute atomic E-state index is 11.1. The molecule has 0 aliphatic carbocycles. The van der Waals surface area contributed by atoms with E-state index in [-0.39, 0.29) is 12.8 Å². The van der Waals surface area contributed by atoms with Gasteiger partial charge in [-0.15, -0.1) is 0 Å². The van der Waals surface area contributed by atoms with E-state index < -0.39 is 12.0 Å². The molecule has 2 atom stereocenters. The van der Waals surface area contributed by atoms with Crippen molar-refractivity contribution in [2.24, 2.45) is 0 Å². The van der Waals surface area contributed by atoms with Gasteiger partial charge in [0.05, 0.1) is 0 Å². The average molecular weight is 265 g/mol. The molecule has 0 aromatic heterocycles. The van der Waals surface area contributed by atoms with Gasteiger partial charge in [-0.2, -0.15) is 0 Å². The highest BCUT2D eigenvalue weighted by molar-refractivity contribution is 5.73. The summed E-state index contributed by atoms with van der Waals surface area (Å²) in [6.45, 7) is 4.17. The lowest BCUT2D eigenvalue weighted by Crippen LogP contribution is -2.38. The van der Waals surface area contributed by atoms with E-state index in [1.165, 1.54) is 0 Å². The van der Waals surface area contributed by atoms with Crippen LogP contribution in [0, 0.1) is 0 Å². The topological polar surface area (TPSA) is 67.8 Å². The van der Waals surface area contributed by atoms with Crippen LogP contribution in [0.2, 0.25) is 0 Å². The molecular formula is C14H19NO4. The number of ether oxygens (including phenoxy) is 2. The van der Waals surface area contributed by atoms with Crippen LogP contribution in [-0.4, -0.2) is 23.9 Å². The highest BCUT2D eigenvalue weighted by Gasteiger charge is 2.21. The first-order valence-electron chi connectivity index (χ1n) is 6.50. The Balaban J connectivity index is 2.06. The van der Waals surface area contributed by atoms with Crippen LogP contribution in [0.25, 0.3) is 0 Å². The highest BCUT2D eigenvalue weighted by Crippen LogP contribution is 2.34. The summed E-state index contributed by atoms with van der Waals surface area (Å²) in [5.74, 6) is 0.641. The first kappa shape index (κ1) is 13.7. The minimum atomic E-state index is -0.811. The molecule has 0 spiro atoms. The fourth-order valence-electron chi connectivity index (χ4n) is 2.15. The lowest BCUT2D eigenvalue weighted by atomic mass is 10.1. The van der Waals surface area contributed by atoms with Crippen molar-refractivity contribution >= 4 is 5.97 Å². The number of hydrogen-bond donors (Lipinski definition) is 2. The fourth-order valence-corrected chi connectivity index (χ4v) is 2.15. The van der Waals surface area contributed by atoms with Gasteiger partial charge in [0.25, 0.3) is 0 Å². The molecule has 1 heterocycles. The van der Waals surface area contributed by atoms with Crippen molar-refractivity contribution < 1.29 is 19.4 Å². The Morgan fingerprint density at radius 2 is 2.16 bits per heavy atom. The van der Waals surface area contributed by atoms with Crippen molar-refractivity contribution in [1.29, 1.82) is 0 Å². The molecule has 1 aliphatic rings. The van der Waals surface area contributed by atoms with Crippen LogP contribution in [0.4, 0.5) is 0 Å². The van der Waals surface area contributed by atoms with E-state index in [9.17, 15) is 4.79 Å². The second-order valence-electron chi connectivity index (χ2n) is 4.68. The zero-order valence-electron chi connectivity index (χ0n) is 11.2. The van der Waals surface area contributed by atoms with Gasteiger partial charge < -0.3 is 14.6 Å². The van der Waals surface area contributed by atoms with Crippen LogP contribution in [-0.2, 0) is 4.79 Å². The largest absolute Gasteiger partial charge is 0.480 e. The van der Waals surface area contributed by atoms with Gasteiger partial charge in [0.15, 0.2) is 11.5 Å². The summed E-state index contributed by atoms with van der Waals surface area (Å²) in [7, 11) is 0. The van der Waals surface area contributed by atoms with Gasteiger partial charge in [0.2, 0.25) is 6.79 Å². The van der Waals surface area contributed by atoms with Gasteiger partial charge in [-0.05, 0) is 31.0 Å². The molecule has 0 radical (unpaired) electrons. The van der Waals surface area contributed by atoms with E-state index >= 15 is 0 Å². The number of aliphatic carboxylic acids is 1. The van der Waals surface area contributed by atoms with Crippen LogP contribution in [0.5, 0.6) is 11.5 Å². The summed E-state index contributed by atoms with van der Waals surface area (Å²) < 4.78 is 10.6. The summed E-state index contributed by atoms with van der Waals surface area (Å²) in [4.78, 5) is 11.1. The minimum absolute atomic E-state index is 0.0536. The molecule has 5 heteroatoms. The van der Waals surface area contributed by atoms with Crippen LogP contribution >= 0.6 is 0 Å². The van der Waals surface area contributed by atoms with Crippen molar-refractivity contribution in [1.82, 2.24) is 5.32 Å². The molecule has 0 saturated carbocycles. The molecular weight excluding hydrogens is 246 g/mol. The van der Waals surface area contributed by atoms with Crippen LogP contribution in [0.3, 0.4) is 0 Å². The third-order valence-corrected chi connectivity index (χ3v) is 3.22. The molecule has 1 aliphatic heterocycles. The second-order valence-corrected chi connectivity index (χ2v) is 4.68. The molecule has 0 saturated heterocycles. The Hall–Kier alpha value is -1.75. The number of fused-ring (bicyclic) bond motifs is 1. The highest BCUT2D eigenvalue weighted by atomic mass is 16.7. The third kappa shape index (κ3) is 3.17. The van der Waals surface area contributed by atoms with Crippen LogP contribution in [0.15, 0.2) is 18.2 Å². The molecule has 19 heavy (non-hydrogen) atoms. The molecule has 2 N–H and O–H groups in total. The van der Waals surface area contributed by atoms with Crippen molar-refractivity contribution in [3.63, 3.8) is 0 Å². The smallest absolute Gasteiger partial charge is 0.320 e. The third-order valence-electron chi connectivity index (χ3n) is 3.22. The minimum Gasteiger partial charge on any atom is -0.480 e. The Morgan fingerprint density at radius 3 is 2.84 bits per heavy atom. The van der Waals surface area contributed by atoms with Gasteiger partial charge in [0, 0.05) is 6.04 Å². The lowest BCUT2D eigenvalue weighted by molar-refractivity contribution is -0.139. The van der Waals surface area contributed by atoms with E-state index in [0.29, 0.717) is 12.2 Å². The number of nitrogens with one attached hydrogen (secondary N) is 1. The summed E-state index contributed by atoms with van der Waals surface area (Å²) in [6, 6.07) is 5.10. The molecule has 1 aromatic rings. The fraction of sp³-hybridized carbons (Fsp3) is 0.500. The summed E-state index contributed by atoms with van der Waals surface area (Å²) >= 11 is 0. The summed E-state index contributed by atoms with van der Waals surface area (Å²) in [5, 5.41) is 12.3. The zero-order valence-corrected chi connectivity index (χ0v) is 11.2. The summed E-state index contributed by atoms with van der Waals surface area (Å²) in [6.07, 6.45) is 1.45. The van der Waals surface area contributed by atoms with Gasteiger partial charge in [-0.3, -0.25) is 10.1 Å². The normalized spacial score (nSPS) is 16.1. The van der Waals surface area contributed by atoms with Crippen molar-refractivity contribution in [3.05, 3.63) is 23.8 Å². The Morgan fingerprint density at radius 1 is 1.42 bits per heavy atom. The molecule has 1 aromatic carbocycles. The van der Waals surface area contributed by atoms with Crippen molar-refractivity contribution in [2.45, 2.75) is 38.8 Å². The van der Waals surface area contributed by atoms with E-state index in [2.05, 4.69) is 5.32 Å². The van der Waals surface area contributed by atoms with Gasteiger partial charge in [-0.25, -0.2) is 0 Å². The van der Waals surface area contributed by atoms with Gasteiger partial charge in [0.1, 0.15) is 6.04 Å². The maximum atomic E-state index is 11.1. The van der Waals surface area contributed by atoms with Gasteiger partial charge >= 0.3 is 5.97 Å². The first-order valence-corrected chi connectivity index (χ1v) is 6.50. The zero-order chi connectivity index (χ0) is 13.8. The molecule has 0 amide bonds. The summed E-state index contributed by atoms with van der Waals surface area (Å²) in [5.41, 5.74) is 0.992. The number of carboxylic acids is 1. The first-order chi connectivity index (χ1) is 9.11. The van der Waals surface area contributed by atoms with Crippen LogP contribution in [0.1, 0.15) is 38.3 Å². The standard InChI is InChI=1S/C14H19NO4/c1-3-4-11(14(16)17)15-9(2)10-5-6-12-13(7-10)19-8-18-12/h5-7,9,11,15H,3-4,8H2,1-2H3,(H,16,17). The predicted octanol–water partition coefficient (Wildman–Crippen LogP) is 2.32. The predicted molar refractivity (Wildman–Crippen MR) is 70.4 cm³/mol. The van der Waals surface area contributed by atoms with Crippen molar-refractivity contribution in [2.75, 3.05) is 6.79 Å². The number of benzene rings is 1. The monoisotopic (exact) mass is 265 g/mol. The Kier molecular flexibility index (Phi) is 4.27. The Labute approximate surface area is 112 Å². The number of hydrogen-bond acceptors (Lipinski definition) is 4. The van der Waals surface area contributed by atoms with Crippen molar-refractivity contribution in [3.8, 4) is 11.5 Å². The maximum Gasteiger partial charge on any atom is 0.320 e. The lowest BCUT2D eigenvalue weighted by Gasteiger charge is -2.20. The second kappa shape index (κ2) is 5.93. The molecule has 5 nitrogen and oxygen atoms in total.